The van der Waals surface area contributed by atoms with Crippen molar-refractivity contribution in [1.82, 2.24) is 9.97 Å². The molecule has 2 aromatic rings. The fourth-order valence-electron chi connectivity index (χ4n) is 4.86. The lowest BCUT2D eigenvalue weighted by atomic mass is 9.86. The third-order valence-electron chi connectivity index (χ3n) is 7.13. The Morgan fingerprint density at radius 1 is 1.23 bits per heavy atom. The summed E-state index contributed by atoms with van der Waals surface area (Å²) < 4.78 is 29.0. The second kappa shape index (κ2) is 10.7. The van der Waals surface area contributed by atoms with Gasteiger partial charge in [0.1, 0.15) is 28.2 Å². The summed E-state index contributed by atoms with van der Waals surface area (Å²) in [6, 6.07) is 2.33. The molecule has 2 aliphatic rings. The van der Waals surface area contributed by atoms with Crippen molar-refractivity contribution < 1.29 is 18.4 Å². The maximum Gasteiger partial charge on any atom is 0.261 e. The van der Waals surface area contributed by atoms with Crippen LogP contribution in [0.5, 0.6) is 0 Å². The molecule has 1 fully saturated rings. The van der Waals surface area contributed by atoms with E-state index in [4.69, 9.17) is 35.0 Å². The van der Waals surface area contributed by atoms with Crippen LogP contribution in [0.1, 0.15) is 45.0 Å². The number of carbonyl (C=O) groups is 2. The van der Waals surface area contributed by atoms with Gasteiger partial charge in [0.2, 0.25) is 5.95 Å². The summed E-state index contributed by atoms with van der Waals surface area (Å²) >= 11 is 11.6. The minimum Gasteiger partial charge on any atom is -0.368 e. The number of rotatable bonds is 5. The minimum absolute atomic E-state index is 0.0569. The van der Waals surface area contributed by atoms with E-state index < -0.39 is 34.4 Å². The zero-order chi connectivity index (χ0) is 28.8. The van der Waals surface area contributed by atoms with Crippen molar-refractivity contribution in [3.63, 3.8) is 0 Å². The monoisotopic (exact) mass is 574 g/mol. The van der Waals surface area contributed by atoms with Gasteiger partial charge in [-0.3, -0.25) is 19.5 Å². The molecule has 206 valence electrons. The number of Topliss-reactive ketones (excluding diaryl/α,β-unsaturated/α-hetero) is 1. The largest absolute Gasteiger partial charge is 0.368 e. The highest BCUT2D eigenvalue weighted by molar-refractivity contribution is 7.83. The Morgan fingerprint density at radius 3 is 2.44 bits per heavy atom. The normalized spacial score (nSPS) is 26.8. The second-order valence-electron chi connectivity index (χ2n) is 9.77. The van der Waals surface area contributed by atoms with Gasteiger partial charge in [0.15, 0.2) is 5.78 Å². The van der Waals surface area contributed by atoms with Crippen LogP contribution in [0.2, 0.25) is 0 Å². The molecular weight excluding hydrogens is 546 g/mol. The molecule has 0 radical (unpaired) electrons. The summed E-state index contributed by atoms with van der Waals surface area (Å²) in [5.74, 6) is -3.07. The van der Waals surface area contributed by atoms with E-state index in [0.29, 0.717) is 6.54 Å². The van der Waals surface area contributed by atoms with E-state index >= 15 is 0 Å². The molecule has 2 N–H and O–H groups in total. The average Bonchev–Trinajstić information content (AvgIpc) is 2.94. The van der Waals surface area contributed by atoms with Crippen molar-refractivity contribution in [2.45, 2.75) is 45.5 Å². The van der Waals surface area contributed by atoms with E-state index in [9.17, 15) is 18.4 Å². The molecule has 0 saturated carbocycles. The van der Waals surface area contributed by atoms with Gasteiger partial charge in [-0.1, -0.05) is 31.5 Å². The van der Waals surface area contributed by atoms with E-state index in [2.05, 4.69) is 9.97 Å². The van der Waals surface area contributed by atoms with Crippen LogP contribution in [0.4, 0.5) is 26.2 Å². The number of aromatic nitrogens is 2. The molecular formula is C27H29ClF2N6O2S. The quantitative estimate of drug-likeness (QED) is 0.290. The topological polar surface area (TPSA) is 105 Å². The molecule has 8 nitrogen and oxygen atoms in total. The maximum atomic E-state index is 14.5. The lowest BCUT2D eigenvalue weighted by molar-refractivity contribution is -0.114. The number of amides is 1. The zero-order valence-electron chi connectivity index (χ0n) is 22.1. The Hall–Kier alpha value is -3.31. The van der Waals surface area contributed by atoms with Gasteiger partial charge in [-0.2, -0.15) is 4.98 Å². The van der Waals surface area contributed by atoms with Gasteiger partial charge in [0, 0.05) is 41.2 Å². The van der Waals surface area contributed by atoms with Crippen molar-refractivity contribution in [1.29, 1.82) is 0 Å². The van der Waals surface area contributed by atoms with Crippen LogP contribution in [-0.2, 0) is 4.79 Å². The highest BCUT2D eigenvalue weighted by Gasteiger charge is 2.57. The molecule has 4 atom stereocenters. The summed E-state index contributed by atoms with van der Waals surface area (Å²) in [5.41, 5.74) is 6.23. The van der Waals surface area contributed by atoms with Crippen molar-refractivity contribution in [3.8, 4) is 0 Å². The summed E-state index contributed by atoms with van der Waals surface area (Å²) in [7, 11) is 0. The molecule has 4 rings (SSSR count). The molecule has 1 aromatic carbocycles. The van der Waals surface area contributed by atoms with E-state index in [1.807, 2.05) is 20.8 Å². The number of aliphatic imine (C=N–C) groups is 1. The number of benzene rings is 1. The predicted molar refractivity (Wildman–Crippen MR) is 152 cm³/mol. The number of halogens is 3. The molecule has 0 spiro atoms. The van der Waals surface area contributed by atoms with Gasteiger partial charge in [0.25, 0.3) is 5.91 Å². The van der Waals surface area contributed by atoms with Gasteiger partial charge in [-0.25, -0.2) is 13.8 Å². The standard InChI is InChI=1S/C27H29ClF2N6O2S/c1-6-7-21(28)22-14(3)15(4)33-25(36(24(22)38)19-9-17(29)8-18(30)10-19)27(39)13(2)12-35(27)23-20(16(5)37)11-32-26(31)34-23/h6-11,13-15,39H,12H2,1-5H3,(H2,31,32,34). The minimum atomic E-state index is -1.33. The molecule has 12 heteroatoms. The van der Waals surface area contributed by atoms with Gasteiger partial charge in [-0.05, 0) is 39.0 Å². The fourth-order valence-corrected chi connectivity index (χ4v) is 5.66. The van der Waals surface area contributed by atoms with Crippen molar-refractivity contribution in [2.75, 3.05) is 22.1 Å². The smallest absolute Gasteiger partial charge is 0.261 e. The fraction of sp³-hybridized carbons (Fsp3) is 0.370. The van der Waals surface area contributed by atoms with Crippen LogP contribution in [0, 0.1) is 23.5 Å². The van der Waals surface area contributed by atoms with Crippen molar-refractivity contribution >= 4 is 59.2 Å². The number of allylic oxidation sites excluding steroid dienone is 3. The Morgan fingerprint density at radius 2 is 1.87 bits per heavy atom. The van der Waals surface area contributed by atoms with Crippen molar-refractivity contribution in [3.05, 3.63) is 64.4 Å². The Labute approximate surface area is 236 Å². The maximum absolute atomic E-state index is 14.5. The molecule has 0 aliphatic carbocycles. The number of thiol groups is 1. The number of nitrogen functional groups attached to an aromatic ring is 1. The third-order valence-corrected chi connectivity index (χ3v) is 8.34. The molecule has 1 aromatic heterocycles. The van der Waals surface area contributed by atoms with Gasteiger partial charge >= 0.3 is 0 Å². The van der Waals surface area contributed by atoms with Gasteiger partial charge in [-0.15, -0.1) is 12.6 Å². The molecule has 1 amide bonds. The summed E-state index contributed by atoms with van der Waals surface area (Å²) in [6.45, 7) is 9.04. The lowest BCUT2D eigenvalue weighted by Crippen LogP contribution is -2.71. The highest BCUT2D eigenvalue weighted by Crippen LogP contribution is 2.48. The first-order valence-electron chi connectivity index (χ1n) is 12.4. The Balaban J connectivity index is 2.01. The predicted octanol–water partition coefficient (Wildman–Crippen LogP) is 5.16. The SMILES string of the molecule is CC=CC(Cl)=C1C(=O)N(c2cc(F)cc(F)c2)C(C2(S)C(C)CN2c2nc(N)ncc2C(C)=O)=NC(C)C1C. The molecule has 39 heavy (non-hydrogen) atoms. The third kappa shape index (κ3) is 4.93. The van der Waals surface area contributed by atoms with Crippen LogP contribution >= 0.6 is 24.2 Å². The summed E-state index contributed by atoms with van der Waals surface area (Å²) in [6.07, 6.45) is 4.61. The highest BCUT2D eigenvalue weighted by atomic mass is 35.5. The van der Waals surface area contributed by atoms with E-state index in [0.717, 1.165) is 23.1 Å². The Bertz CT molecular complexity index is 1430. The molecule has 2 aliphatic heterocycles. The van der Waals surface area contributed by atoms with E-state index in [1.165, 1.54) is 13.1 Å². The average molecular weight is 575 g/mol. The summed E-state index contributed by atoms with van der Waals surface area (Å²) in [5, 5.41) is 0.189. The number of hydrogen-bond acceptors (Lipinski definition) is 8. The van der Waals surface area contributed by atoms with E-state index in [1.54, 1.807) is 24.0 Å². The van der Waals surface area contributed by atoms with E-state index in [-0.39, 0.29) is 51.2 Å². The van der Waals surface area contributed by atoms with Crippen molar-refractivity contribution in [2.24, 2.45) is 16.8 Å². The number of anilines is 3. The van der Waals surface area contributed by atoms with Gasteiger partial charge in [0.05, 0.1) is 17.3 Å². The first-order valence-corrected chi connectivity index (χ1v) is 13.2. The number of hydrogen-bond donors (Lipinski definition) is 2. The van der Waals surface area contributed by atoms with Crippen LogP contribution in [-0.4, -0.2) is 45.0 Å². The molecule has 4 unspecified atom stereocenters. The number of ketones is 1. The number of carbonyl (C=O) groups excluding carboxylic acids is 2. The van der Waals surface area contributed by atoms with Crippen LogP contribution in [0.3, 0.4) is 0 Å². The van der Waals surface area contributed by atoms with Gasteiger partial charge < -0.3 is 10.6 Å². The van der Waals surface area contributed by atoms with Crippen LogP contribution in [0.15, 0.2) is 52.1 Å². The molecule has 0 bridgehead atoms. The molecule has 1 saturated heterocycles. The van der Waals surface area contributed by atoms with Crippen LogP contribution in [0.25, 0.3) is 0 Å². The Kier molecular flexibility index (Phi) is 7.86. The first-order chi connectivity index (χ1) is 18.3. The first kappa shape index (κ1) is 28.7. The second-order valence-corrected chi connectivity index (χ2v) is 10.9. The number of nitrogens with zero attached hydrogens (tertiary/aromatic N) is 5. The summed E-state index contributed by atoms with van der Waals surface area (Å²) in [4.78, 5) is 41.4. The molecule has 3 heterocycles. The zero-order valence-corrected chi connectivity index (χ0v) is 23.8. The van der Waals surface area contributed by atoms with Crippen LogP contribution < -0.4 is 15.5 Å². The number of nitrogens with two attached hydrogens (primary N) is 1. The lowest BCUT2D eigenvalue weighted by Gasteiger charge is -2.57. The number of amidine groups is 1.